The van der Waals surface area contributed by atoms with Crippen molar-refractivity contribution in [2.75, 3.05) is 20.2 Å². The van der Waals surface area contributed by atoms with Gasteiger partial charge >= 0.3 is 0 Å². The largest absolute Gasteiger partial charge is 0.479 e. The maximum atomic E-state index is 12.6. The van der Waals surface area contributed by atoms with Gasteiger partial charge in [0, 0.05) is 38.5 Å². The van der Waals surface area contributed by atoms with Gasteiger partial charge in [-0.1, -0.05) is 6.07 Å². The minimum absolute atomic E-state index is 0.0446. The molecule has 0 N–H and O–H groups in total. The van der Waals surface area contributed by atoms with Gasteiger partial charge in [0.15, 0.2) is 0 Å². The third-order valence-electron chi connectivity index (χ3n) is 3.82. The Morgan fingerprint density at radius 3 is 2.91 bits per heavy atom. The number of rotatable bonds is 4. The van der Waals surface area contributed by atoms with E-state index in [-0.39, 0.29) is 12.0 Å². The van der Waals surface area contributed by atoms with Crippen LogP contribution in [-0.2, 0) is 7.05 Å². The minimum Gasteiger partial charge on any atom is -0.479 e. The Balaban J connectivity index is 1.64. The molecule has 0 radical (unpaired) electrons. The SMILES string of the molecule is COc1nn(C)cc1C(=O)N1CCC(Oc2ccc(C)cn2)C1. The van der Waals surface area contributed by atoms with Gasteiger partial charge in [0.2, 0.25) is 11.8 Å². The maximum absolute atomic E-state index is 12.6. The minimum atomic E-state index is -0.0853. The smallest absolute Gasteiger partial charge is 0.261 e. The van der Waals surface area contributed by atoms with E-state index in [9.17, 15) is 4.79 Å². The number of amides is 1. The highest BCUT2D eigenvalue weighted by Gasteiger charge is 2.31. The molecule has 0 saturated carbocycles. The summed E-state index contributed by atoms with van der Waals surface area (Å²) in [7, 11) is 3.27. The number of ether oxygens (including phenoxy) is 2. The van der Waals surface area contributed by atoms with Crippen molar-refractivity contribution >= 4 is 5.91 Å². The molecule has 1 unspecified atom stereocenters. The van der Waals surface area contributed by atoms with Crippen molar-refractivity contribution in [2.45, 2.75) is 19.4 Å². The fraction of sp³-hybridized carbons (Fsp3) is 0.438. The number of hydrogen-bond donors (Lipinski definition) is 0. The third kappa shape index (κ3) is 3.28. The lowest BCUT2D eigenvalue weighted by atomic mass is 10.3. The van der Waals surface area contributed by atoms with E-state index in [0.29, 0.717) is 30.4 Å². The molecular weight excluding hydrogens is 296 g/mol. The molecule has 7 heteroatoms. The van der Waals surface area contributed by atoms with Gasteiger partial charge in [-0.3, -0.25) is 9.48 Å². The molecule has 0 bridgehead atoms. The van der Waals surface area contributed by atoms with E-state index >= 15 is 0 Å². The zero-order valence-corrected chi connectivity index (χ0v) is 13.5. The van der Waals surface area contributed by atoms with Crippen LogP contribution in [-0.4, -0.2) is 51.9 Å². The normalized spacial score (nSPS) is 17.3. The van der Waals surface area contributed by atoms with Gasteiger partial charge in [0.1, 0.15) is 11.7 Å². The van der Waals surface area contributed by atoms with Crippen LogP contribution in [0.25, 0.3) is 0 Å². The van der Waals surface area contributed by atoms with E-state index in [0.717, 1.165) is 12.0 Å². The first-order valence-electron chi connectivity index (χ1n) is 7.53. The zero-order chi connectivity index (χ0) is 16.4. The number of aryl methyl sites for hydroxylation is 2. The molecule has 23 heavy (non-hydrogen) atoms. The molecule has 1 aliphatic heterocycles. The molecule has 1 amide bonds. The van der Waals surface area contributed by atoms with Gasteiger partial charge in [-0.2, -0.15) is 0 Å². The average molecular weight is 316 g/mol. The fourth-order valence-electron chi connectivity index (χ4n) is 2.64. The second-order valence-corrected chi connectivity index (χ2v) is 5.68. The van der Waals surface area contributed by atoms with Crippen LogP contribution in [0.3, 0.4) is 0 Å². The van der Waals surface area contributed by atoms with Crippen molar-refractivity contribution in [3.05, 3.63) is 35.7 Å². The first-order valence-corrected chi connectivity index (χ1v) is 7.53. The molecule has 2 aromatic heterocycles. The molecule has 1 aliphatic rings. The first kappa shape index (κ1) is 15.3. The summed E-state index contributed by atoms with van der Waals surface area (Å²) >= 11 is 0. The summed E-state index contributed by atoms with van der Waals surface area (Å²) in [6.45, 7) is 3.16. The van der Waals surface area contributed by atoms with Crippen LogP contribution < -0.4 is 9.47 Å². The van der Waals surface area contributed by atoms with Crippen molar-refractivity contribution < 1.29 is 14.3 Å². The molecule has 0 aliphatic carbocycles. The lowest BCUT2D eigenvalue weighted by Gasteiger charge is -2.16. The standard InChI is InChI=1S/C16H20N4O3/c1-11-4-5-14(17-8-11)23-12-6-7-20(9-12)16(21)13-10-19(2)18-15(13)22-3/h4-5,8,10,12H,6-7,9H2,1-3H3. The number of hydrogen-bond acceptors (Lipinski definition) is 5. The molecule has 3 heterocycles. The quantitative estimate of drug-likeness (QED) is 0.853. The maximum Gasteiger partial charge on any atom is 0.261 e. The van der Waals surface area contributed by atoms with Crippen molar-refractivity contribution in [2.24, 2.45) is 7.05 Å². The highest BCUT2D eigenvalue weighted by atomic mass is 16.5. The Bertz CT molecular complexity index is 696. The molecule has 0 aromatic carbocycles. The molecular formula is C16H20N4O3. The second kappa shape index (κ2) is 6.28. The summed E-state index contributed by atoms with van der Waals surface area (Å²) in [5, 5.41) is 4.12. The first-order chi connectivity index (χ1) is 11.1. The van der Waals surface area contributed by atoms with Crippen LogP contribution in [0.15, 0.2) is 24.5 Å². The topological polar surface area (TPSA) is 69.5 Å². The van der Waals surface area contributed by atoms with Gasteiger partial charge < -0.3 is 14.4 Å². The predicted molar refractivity (Wildman–Crippen MR) is 83.7 cm³/mol. The summed E-state index contributed by atoms with van der Waals surface area (Å²) in [6.07, 6.45) is 4.19. The Kier molecular flexibility index (Phi) is 4.18. The number of pyridine rings is 1. The van der Waals surface area contributed by atoms with E-state index in [2.05, 4.69) is 10.1 Å². The number of carbonyl (C=O) groups is 1. The lowest BCUT2D eigenvalue weighted by Crippen LogP contribution is -2.31. The fourth-order valence-corrected chi connectivity index (χ4v) is 2.64. The second-order valence-electron chi connectivity index (χ2n) is 5.68. The Labute approximate surface area is 134 Å². The number of likely N-dealkylation sites (tertiary alicyclic amines) is 1. The number of carbonyl (C=O) groups excluding carboxylic acids is 1. The lowest BCUT2D eigenvalue weighted by molar-refractivity contribution is 0.0768. The molecule has 0 spiro atoms. The molecule has 2 aromatic rings. The van der Waals surface area contributed by atoms with Crippen LogP contribution in [0.5, 0.6) is 11.8 Å². The zero-order valence-electron chi connectivity index (χ0n) is 13.5. The third-order valence-corrected chi connectivity index (χ3v) is 3.82. The number of nitrogens with zero attached hydrogens (tertiary/aromatic N) is 4. The molecule has 1 atom stereocenters. The van der Waals surface area contributed by atoms with Crippen LogP contribution in [0.1, 0.15) is 22.3 Å². The van der Waals surface area contributed by atoms with E-state index in [1.54, 1.807) is 29.0 Å². The summed E-state index contributed by atoms with van der Waals surface area (Å²) in [5.41, 5.74) is 1.56. The number of aromatic nitrogens is 3. The molecule has 3 rings (SSSR count). The van der Waals surface area contributed by atoms with Gasteiger partial charge in [-0.05, 0) is 12.5 Å². The van der Waals surface area contributed by atoms with Crippen LogP contribution in [0, 0.1) is 6.92 Å². The molecule has 1 fully saturated rings. The average Bonchev–Trinajstić information content (AvgIpc) is 3.15. The highest BCUT2D eigenvalue weighted by Crippen LogP contribution is 2.22. The van der Waals surface area contributed by atoms with Crippen molar-refractivity contribution in [1.82, 2.24) is 19.7 Å². The Morgan fingerprint density at radius 1 is 1.39 bits per heavy atom. The summed E-state index contributed by atoms with van der Waals surface area (Å²) in [4.78, 5) is 18.6. The summed E-state index contributed by atoms with van der Waals surface area (Å²) in [5.74, 6) is 0.855. The molecule has 7 nitrogen and oxygen atoms in total. The van der Waals surface area contributed by atoms with Gasteiger partial charge in [-0.25, -0.2) is 4.98 Å². The van der Waals surface area contributed by atoms with Crippen molar-refractivity contribution in [1.29, 1.82) is 0 Å². The van der Waals surface area contributed by atoms with Crippen molar-refractivity contribution in [3.8, 4) is 11.8 Å². The van der Waals surface area contributed by atoms with Gasteiger partial charge in [0.05, 0.1) is 13.7 Å². The summed E-state index contributed by atoms with van der Waals surface area (Å²) in [6, 6.07) is 3.81. The predicted octanol–water partition coefficient (Wildman–Crippen LogP) is 1.43. The molecule has 1 saturated heterocycles. The van der Waals surface area contributed by atoms with E-state index < -0.39 is 0 Å². The Morgan fingerprint density at radius 2 is 2.22 bits per heavy atom. The van der Waals surface area contributed by atoms with E-state index in [4.69, 9.17) is 9.47 Å². The van der Waals surface area contributed by atoms with E-state index in [1.165, 1.54) is 7.11 Å². The van der Waals surface area contributed by atoms with Crippen LogP contribution in [0.4, 0.5) is 0 Å². The summed E-state index contributed by atoms with van der Waals surface area (Å²) < 4.78 is 12.6. The van der Waals surface area contributed by atoms with Crippen molar-refractivity contribution in [3.63, 3.8) is 0 Å². The Hall–Kier alpha value is -2.57. The monoisotopic (exact) mass is 316 g/mol. The number of methoxy groups -OCH3 is 1. The van der Waals surface area contributed by atoms with Crippen LogP contribution >= 0.6 is 0 Å². The van der Waals surface area contributed by atoms with Crippen LogP contribution in [0.2, 0.25) is 0 Å². The van der Waals surface area contributed by atoms with Gasteiger partial charge in [0.25, 0.3) is 5.91 Å². The van der Waals surface area contributed by atoms with E-state index in [1.807, 2.05) is 19.1 Å². The highest BCUT2D eigenvalue weighted by molar-refractivity contribution is 5.96. The van der Waals surface area contributed by atoms with Gasteiger partial charge in [-0.15, -0.1) is 5.10 Å². The molecule has 122 valence electrons.